The second-order valence-corrected chi connectivity index (χ2v) is 9.71. The minimum atomic E-state index is -4.20. The molecule has 2 bridgehead atoms. The van der Waals surface area contributed by atoms with E-state index in [0.29, 0.717) is 24.0 Å². The van der Waals surface area contributed by atoms with Crippen molar-refractivity contribution in [2.75, 3.05) is 12.4 Å². The summed E-state index contributed by atoms with van der Waals surface area (Å²) in [6.07, 6.45) is 2.13. The summed E-state index contributed by atoms with van der Waals surface area (Å²) in [5.41, 5.74) is 2.44. The molecule has 2 fully saturated rings. The third-order valence-corrected chi connectivity index (χ3v) is 6.86. The quantitative estimate of drug-likeness (QED) is 0.343. The highest BCUT2D eigenvalue weighted by atomic mass is 32.2. The van der Waals surface area contributed by atoms with Crippen LogP contribution in [-0.4, -0.2) is 66.9 Å². The van der Waals surface area contributed by atoms with Crippen molar-refractivity contribution in [1.29, 1.82) is 0 Å². The first kappa shape index (κ1) is 23.9. The Labute approximate surface area is 186 Å². The van der Waals surface area contributed by atoms with Gasteiger partial charge in [-0.15, -0.1) is 0 Å². The van der Waals surface area contributed by atoms with E-state index in [2.05, 4.69) is 0 Å². The summed E-state index contributed by atoms with van der Waals surface area (Å²) in [5, 5.41) is 0. The summed E-state index contributed by atoms with van der Waals surface area (Å²) in [7, 11) is 13.2. The average Bonchev–Trinajstić information content (AvgIpc) is 3.32. The van der Waals surface area contributed by atoms with E-state index < -0.39 is 46.4 Å². The Morgan fingerprint density at radius 3 is 2.39 bits per heavy atom. The maximum absolute atomic E-state index is 13.0. The molecule has 2 aliphatic carbocycles. The average molecular weight is 440 g/mol. The van der Waals surface area contributed by atoms with Crippen LogP contribution in [0.2, 0.25) is 0 Å². The second-order valence-electron chi connectivity index (χ2n) is 8.13. The molecule has 1 aromatic carbocycles. The molecule has 7 nitrogen and oxygen atoms in total. The smallest absolute Gasteiger partial charge is 0.338 e. The summed E-state index contributed by atoms with van der Waals surface area (Å²) in [4.78, 5) is 25.4. The number of esters is 2. The zero-order valence-electron chi connectivity index (χ0n) is 17.2. The van der Waals surface area contributed by atoms with Crippen molar-refractivity contribution in [2.24, 2.45) is 17.8 Å². The molecule has 0 heterocycles. The molecular weight excluding hydrogens is 417 g/mol. The summed E-state index contributed by atoms with van der Waals surface area (Å²) in [6.45, 7) is -0.413. The lowest BCUT2D eigenvalue weighted by atomic mass is 9.81. The van der Waals surface area contributed by atoms with Gasteiger partial charge in [0.05, 0.1) is 35.0 Å². The van der Waals surface area contributed by atoms with Crippen LogP contribution in [-0.2, 0) is 43.3 Å². The number of fused-ring (bicyclic) bond motifs is 2. The first-order valence-corrected chi connectivity index (χ1v) is 11.8. The van der Waals surface area contributed by atoms with E-state index in [1.807, 2.05) is 6.07 Å². The van der Waals surface area contributed by atoms with Gasteiger partial charge in [-0.2, -0.15) is 8.42 Å². The van der Waals surface area contributed by atoms with E-state index in [1.165, 1.54) is 0 Å². The van der Waals surface area contributed by atoms with Gasteiger partial charge >= 0.3 is 11.9 Å². The van der Waals surface area contributed by atoms with Crippen LogP contribution in [0.25, 0.3) is 0 Å². The molecule has 6 radical (unpaired) electrons. The lowest BCUT2D eigenvalue weighted by Gasteiger charge is -2.28. The number of benzene rings is 1. The third-order valence-electron chi connectivity index (χ3n) is 6.18. The Morgan fingerprint density at radius 1 is 1.06 bits per heavy atom. The van der Waals surface area contributed by atoms with E-state index in [1.54, 1.807) is 6.07 Å². The number of carbonyl (C=O) groups is 2. The van der Waals surface area contributed by atoms with Crippen molar-refractivity contribution >= 4 is 45.6 Å². The Hall–Kier alpha value is -1.74. The Morgan fingerprint density at radius 2 is 1.81 bits per heavy atom. The molecular formula is C20H23B3O7S. The van der Waals surface area contributed by atoms with Gasteiger partial charge in [0.25, 0.3) is 10.1 Å². The molecule has 3 rings (SSSR count). The highest BCUT2D eigenvalue weighted by Gasteiger charge is 2.51. The lowest BCUT2D eigenvalue weighted by Crippen LogP contribution is -2.35. The zero-order valence-corrected chi connectivity index (χ0v) is 18.0. The number of ether oxygens (including phenoxy) is 2. The molecule has 4 atom stereocenters. The molecule has 2 saturated carbocycles. The Bertz CT molecular complexity index is 950. The number of hydrogen-bond donors (Lipinski definition) is 1. The molecule has 4 unspecified atom stereocenters. The molecule has 2 aliphatic rings. The third kappa shape index (κ3) is 5.55. The molecule has 31 heavy (non-hydrogen) atoms. The van der Waals surface area contributed by atoms with E-state index in [9.17, 15) is 18.0 Å². The molecule has 160 valence electrons. The Balaban J connectivity index is 1.70. The zero-order chi connectivity index (χ0) is 22.8. The van der Waals surface area contributed by atoms with Gasteiger partial charge in [-0.1, -0.05) is 36.2 Å². The van der Waals surface area contributed by atoms with Crippen molar-refractivity contribution in [1.82, 2.24) is 0 Å². The lowest BCUT2D eigenvalue weighted by molar-refractivity contribution is -0.151. The fraction of sp³-hybridized carbons (Fsp3) is 0.600. The standard InChI is InChI=1S/C20H23B3O7S/c21-8-12-3-13(9-22)17(10-23)16(6-12)20(25)30-18-7-11-4-14(18)15(5-11)19(24)29-1-2-31(26,27)28/h3,6,11,14-15,18H,1-2,4-5,7-10H2,(H,26,27,28). The molecule has 0 aliphatic heterocycles. The molecule has 0 aromatic heterocycles. The molecule has 0 saturated heterocycles. The first-order chi connectivity index (χ1) is 14.7. The van der Waals surface area contributed by atoms with Gasteiger partial charge in [-0.25, -0.2) is 4.79 Å². The van der Waals surface area contributed by atoms with Crippen LogP contribution < -0.4 is 0 Å². The van der Waals surface area contributed by atoms with Crippen LogP contribution in [0.1, 0.15) is 46.3 Å². The van der Waals surface area contributed by atoms with Gasteiger partial charge < -0.3 is 9.47 Å². The fourth-order valence-electron chi connectivity index (χ4n) is 4.77. The van der Waals surface area contributed by atoms with Crippen molar-refractivity contribution in [3.05, 3.63) is 34.4 Å². The van der Waals surface area contributed by atoms with Crippen LogP contribution in [0.3, 0.4) is 0 Å². The number of rotatable bonds is 9. The van der Waals surface area contributed by atoms with Gasteiger partial charge in [0.15, 0.2) is 0 Å². The van der Waals surface area contributed by atoms with Gasteiger partial charge in [-0.3, -0.25) is 9.35 Å². The van der Waals surface area contributed by atoms with Gasteiger partial charge in [0.2, 0.25) is 0 Å². The Kier molecular flexibility index (Phi) is 7.57. The van der Waals surface area contributed by atoms with Crippen molar-refractivity contribution in [2.45, 2.75) is 44.3 Å². The summed E-state index contributed by atoms with van der Waals surface area (Å²) < 4.78 is 41.2. The van der Waals surface area contributed by atoms with Crippen LogP contribution in [0.15, 0.2) is 12.1 Å². The first-order valence-electron chi connectivity index (χ1n) is 10.2. The number of hydrogen-bond acceptors (Lipinski definition) is 6. The normalized spacial score (nSPS) is 24.8. The second kappa shape index (κ2) is 9.82. The van der Waals surface area contributed by atoms with Gasteiger partial charge in [0, 0.05) is 5.92 Å². The van der Waals surface area contributed by atoms with Crippen LogP contribution in [0.4, 0.5) is 0 Å². The van der Waals surface area contributed by atoms with Crippen molar-refractivity contribution in [3.8, 4) is 0 Å². The van der Waals surface area contributed by atoms with Crippen molar-refractivity contribution in [3.63, 3.8) is 0 Å². The predicted octanol–water partition coefficient (Wildman–Crippen LogP) is 0.695. The highest BCUT2D eigenvalue weighted by molar-refractivity contribution is 7.85. The van der Waals surface area contributed by atoms with Crippen LogP contribution in [0.5, 0.6) is 0 Å². The van der Waals surface area contributed by atoms with E-state index in [0.717, 1.165) is 17.5 Å². The molecule has 1 N–H and O–H groups in total. The minimum Gasteiger partial charge on any atom is -0.464 e. The number of carbonyl (C=O) groups excluding carboxylic acids is 2. The van der Waals surface area contributed by atoms with Gasteiger partial charge in [-0.05, 0) is 36.8 Å². The minimum absolute atomic E-state index is 0.126. The van der Waals surface area contributed by atoms with Crippen LogP contribution in [0, 0.1) is 17.8 Å². The molecule has 1 aromatic rings. The van der Waals surface area contributed by atoms with E-state index in [4.69, 9.17) is 37.6 Å². The molecule has 0 spiro atoms. The predicted molar refractivity (Wildman–Crippen MR) is 116 cm³/mol. The van der Waals surface area contributed by atoms with E-state index in [-0.39, 0.29) is 30.8 Å². The molecule has 0 amide bonds. The SMILES string of the molecule is [B]Cc1cc(C[B])c(C[B])c(C(=O)OC2CC3CC(C(=O)OCCS(=O)(=O)O)C2C3)c1. The highest BCUT2D eigenvalue weighted by Crippen LogP contribution is 2.50. The topological polar surface area (TPSA) is 107 Å². The van der Waals surface area contributed by atoms with E-state index >= 15 is 0 Å². The fourth-order valence-corrected chi connectivity index (χ4v) is 5.06. The van der Waals surface area contributed by atoms with Crippen LogP contribution >= 0.6 is 0 Å². The largest absolute Gasteiger partial charge is 0.464 e. The maximum atomic E-state index is 13.0. The summed E-state index contributed by atoms with van der Waals surface area (Å²) in [6, 6.07) is 3.49. The van der Waals surface area contributed by atoms with Crippen molar-refractivity contribution < 1.29 is 32.0 Å². The van der Waals surface area contributed by atoms with Gasteiger partial charge in [0.1, 0.15) is 18.5 Å². The monoisotopic (exact) mass is 440 g/mol. The summed E-state index contributed by atoms with van der Waals surface area (Å²) >= 11 is 0. The summed E-state index contributed by atoms with van der Waals surface area (Å²) in [5.74, 6) is -2.15. The maximum Gasteiger partial charge on any atom is 0.338 e. The molecule has 11 heteroatoms.